The number of para-hydroxylation sites is 1. The van der Waals surface area contributed by atoms with Gasteiger partial charge in [0.2, 0.25) is 0 Å². The lowest BCUT2D eigenvalue weighted by Gasteiger charge is -2.10. The molecule has 0 unspecified atom stereocenters. The third-order valence-electron chi connectivity index (χ3n) is 3.14. The van der Waals surface area contributed by atoms with Crippen molar-refractivity contribution >= 4 is 40.4 Å². The molecule has 1 heterocycles. The third kappa shape index (κ3) is 5.09. The van der Waals surface area contributed by atoms with E-state index in [1.165, 1.54) is 11.8 Å². The Balaban J connectivity index is 1.99. The van der Waals surface area contributed by atoms with Crippen molar-refractivity contribution in [1.29, 1.82) is 0 Å². The zero-order valence-corrected chi connectivity index (χ0v) is 14.1. The van der Waals surface area contributed by atoms with Gasteiger partial charge in [0.05, 0.1) is 24.4 Å². The molecule has 24 heavy (non-hydrogen) atoms. The Morgan fingerprint density at radius 1 is 1.21 bits per heavy atom. The summed E-state index contributed by atoms with van der Waals surface area (Å²) in [6.45, 7) is 2.93. The van der Waals surface area contributed by atoms with Gasteiger partial charge in [-0.05, 0) is 18.6 Å². The first-order chi connectivity index (χ1) is 11.6. The molecule has 7 nitrogen and oxygen atoms in total. The van der Waals surface area contributed by atoms with Gasteiger partial charge in [0.15, 0.2) is 5.17 Å². The number of hydrogen-bond donors (Lipinski definition) is 2. The number of unbranched alkanes of at least 4 members (excludes halogenated alkanes) is 1. The first kappa shape index (κ1) is 18.0. The van der Waals surface area contributed by atoms with Crippen molar-refractivity contribution in [2.45, 2.75) is 19.8 Å². The topological polar surface area (TPSA) is 96.9 Å². The second-order valence-corrected chi connectivity index (χ2v) is 6.06. The van der Waals surface area contributed by atoms with Gasteiger partial charge in [-0.2, -0.15) is 0 Å². The van der Waals surface area contributed by atoms with Gasteiger partial charge in [0.1, 0.15) is 0 Å². The van der Waals surface area contributed by atoms with Crippen LogP contribution in [0.25, 0.3) is 0 Å². The third-order valence-corrected chi connectivity index (χ3v) is 4.03. The maximum atomic E-state index is 12.1. The highest BCUT2D eigenvalue weighted by Crippen LogP contribution is 2.16. The number of nitrogens with zero attached hydrogens (tertiary/aromatic N) is 1. The van der Waals surface area contributed by atoms with Crippen LogP contribution < -0.4 is 10.6 Å². The molecule has 0 spiro atoms. The summed E-state index contributed by atoms with van der Waals surface area (Å²) in [6, 6.07) is 6.41. The van der Waals surface area contributed by atoms with Crippen molar-refractivity contribution in [3.8, 4) is 0 Å². The number of nitrogens with one attached hydrogen (secondary N) is 2. The van der Waals surface area contributed by atoms with Crippen molar-refractivity contribution < 1.29 is 19.1 Å². The molecule has 0 bridgehead atoms. The van der Waals surface area contributed by atoms with Crippen LogP contribution in [0.1, 0.15) is 30.1 Å². The van der Waals surface area contributed by atoms with E-state index in [-0.39, 0.29) is 11.3 Å². The summed E-state index contributed by atoms with van der Waals surface area (Å²) in [5.41, 5.74) is 0.447. The normalized spacial score (nSPS) is 13.1. The SMILES string of the molecule is CCCCOC(=O)c1ccccc1NC(=O)C(=O)NC1=NCCS1. The number of ether oxygens (including phenoxy) is 1. The molecular formula is C16H19N3O4S. The molecule has 0 aliphatic carbocycles. The Kier molecular flexibility index (Phi) is 6.80. The maximum absolute atomic E-state index is 12.1. The largest absolute Gasteiger partial charge is 0.462 e. The molecule has 2 rings (SSSR count). The highest BCUT2D eigenvalue weighted by molar-refractivity contribution is 8.14. The molecule has 0 fully saturated rings. The van der Waals surface area contributed by atoms with E-state index in [0.29, 0.717) is 18.3 Å². The van der Waals surface area contributed by atoms with E-state index in [1.54, 1.807) is 24.3 Å². The molecule has 1 aromatic rings. The number of esters is 1. The fourth-order valence-electron chi connectivity index (χ4n) is 1.90. The minimum absolute atomic E-state index is 0.210. The van der Waals surface area contributed by atoms with Crippen LogP contribution in [-0.4, -0.2) is 41.9 Å². The lowest BCUT2D eigenvalue weighted by molar-refractivity contribution is -0.135. The number of benzene rings is 1. The molecule has 1 aromatic carbocycles. The van der Waals surface area contributed by atoms with Crippen molar-refractivity contribution in [2.75, 3.05) is 24.2 Å². The summed E-state index contributed by atoms with van der Waals surface area (Å²) in [7, 11) is 0. The van der Waals surface area contributed by atoms with Crippen LogP contribution in [0.15, 0.2) is 29.3 Å². The van der Waals surface area contributed by atoms with E-state index >= 15 is 0 Å². The summed E-state index contributed by atoms with van der Waals surface area (Å²) in [5, 5.41) is 5.31. The number of thioether (sulfide) groups is 1. The lowest BCUT2D eigenvalue weighted by atomic mass is 10.2. The van der Waals surface area contributed by atoms with Gasteiger partial charge in [-0.15, -0.1) is 0 Å². The second kappa shape index (κ2) is 9.07. The van der Waals surface area contributed by atoms with Gasteiger partial charge in [-0.1, -0.05) is 37.2 Å². The predicted molar refractivity (Wildman–Crippen MR) is 93.2 cm³/mol. The van der Waals surface area contributed by atoms with Crippen LogP contribution >= 0.6 is 11.8 Å². The first-order valence-corrected chi connectivity index (χ1v) is 8.66. The molecule has 0 atom stereocenters. The Hall–Kier alpha value is -2.35. The van der Waals surface area contributed by atoms with Gasteiger partial charge in [0.25, 0.3) is 0 Å². The Morgan fingerprint density at radius 3 is 2.67 bits per heavy atom. The van der Waals surface area contributed by atoms with E-state index in [1.807, 2.05) is 6.92 Å². The molecule has 0 saturated heterocycles. The molecule has 1 aliphatic rings. The molecule has 0 radical (unpaired) electrons. The second-order valence-electron chi connectivity index (χ2n) is 4.98. The quantitative estimate of drug-likeness (QED) is 0.480. The summed E-state index contributed by atoms with van der Waals surface area (Å²) in [5.74, 6) is -1.43. The number of carbonyl (C=O) groups excluding carboxylic acids is 3. The number of anilines is 1. The first-order valence-electron chi connectivity index (χ1n) is 7.67. The van der Waals surface area contributed by atoms with Gasteiger partial charge < -0.3 is 10.1 Å². The Morgan fingerprint density at radius 2 is 1.96 bits per heavy atom. The van der Waals surface area contributed by atoms with Gasteiger partial charge in [-0.25, -0.2) is 4.79 Å². The molecule has 0 aromatic heterocycles. The molecule has 0 saturated carbocycles. The van der Waals surface area contributed by atoms with Crippen LogP contribution in [0.2, 0.25) is 0 Å². The zero-order chi connectivity index (χ0) is 17.4. The predicted octanol–water partition coefficient (Wildman–Crippen LogP) is 1.80. The maximum Gasteiger partial charge on any atom is 0.340 e. The van der Waals surface area contributed by atoms with Crippen LogP contribution in [0.4, 0.5) is 5.69 Å². The highest BCUT2D eigenvalue weighted by atomic mass is 32.2. The van der Waals surface area contributed by atoms with Gasteiger partial charge >= 0.3 is 17.8 Å². The fourth-order valence-corrected chi connectivity index (χ4v) is 2.62. The summed E-state index contributed by atoms with van der Waals surface area (Å²) < 4.78 is 5.15. The fraction of sp³-hybridized carbons (Fsp3) is 0.375. The number of hydrogen-bond acceptors (Lipinski definition) is 6. The van der Waals surface area contributed by atoms with Crippen LogP contribution in [0, 0.1) is 0 Å². The highest BCUT2D eigenvalue weighted by Gasteiger charge is 2.20. The molecule has 2 N–H and O–H groups in total. The van der Waals surface area contributed by atoms with E-state index in [2.05, 4.69) is 15.6 Å². The lowest BCUT2D eigenvalue weighted by Crippen LogP contribution is -2.37. The minimum Gasteiger partial charge on any atom is -0.462 e. The Bertz CT molecular complexity index is 660. The summed E-state index contributed by atoms with van der Waals surface area (Å²) in [4.78, 5) is 40.0. The van der Waals surface area contributed by atoms with Crippen molar-refractivity contribution in [2.24, 2.45) is 4.99 Å². The number of amidine groups is 1. The molecule has 1 aliphatic heterocycles. The monoisotopic (exact) mass is 349 g/mol. The molecule has 8 heteroatoms. The van der Waals surface area contributed by atoms with Gasteiger partial charge in [0, 0.05) is 5.75 Å². The minimum atomic E-state index is -0.862. The van der Waals surface area contributed by atoms with E-state index < -0.39 is 17.8 Å². The molecule has 2 amide bonds. The number of aliphatic imine (C=N–C) groups is 1. The van der Waals surface area contributed by atoms with Crippen LogP contribution in [0.5, 0.6) is 0 Å². The summed E-state index contributed by atoms with van der Waals surface area (Å²) in [6.07, 6.45) is 1.68. The number of rotatable bonds is 5. The number of amides is 2. The van der Waals surface area contributed by atoms with Crippen LogP contribution in [-0.2, 0) is 14.3 Å². The van der Waals surface area contributed by atoms with Crippen LogP contribution in [0.3, 0.4) is 0 Å². The number of carbonyl (C=O) groups is 3. The smallest absolute Gasteiger partial charge is 0.340 e. The molecule has 128 valence electrons. The van der Waals surface area contributed by atoms with E-state index in [0.717, 1.165) is 18.6 Å². The summed E-state index contributed by atoms with van der Waals surface area (Å²) >= 11 is 1.38. The molecular weight excluding hydrogens is 330 g/mol. The average molecular weight is 349 g/mol. The van der Waals surface area contributed by atoms with Gasteiger partial charge in [-0.3, -0.25) is 19.9 Å². The van der Waals surface area contributed by atoms with E-state index in [4.69, 9.17) is 4.74 Å². The zero-order valence-electron chi connectivity index (χ0n) is 13.3. The average Bonchev–Trinajstić information content (AvgIpc) is 3.08. The van der Waals surface area contributed by atoms with E-state index in [9.17, 15) is 14.4 Å². The Labute approximate surface area is 144 Å². The van der Waals surface area contributed by atoms with Crippen molar-refractivity contribution in [1.82, 2.24) is 5.32 Å². The standard InChI is InChI=1S/C16H19N3O4S/c1-2-3-9-23-15(22)11-6-4-5-7-12(11)18-13(20)14(21)19-16-17-8-10-24-16/h4-7H,2-3,8-10H2,1H3,(H,18,20)(H,17,19,21). The van der Waals surface area contributed by atoms with Crippen molar-refractivity contribution in [3.63, 3.8) is 0 Å². The van der Waals surface area contributed by atoms with Crippen molar-refractivity contribution in [3.05, 3.63) is 29.8 Å².